The molecule has 15 heavy (non-hydrogen) atoms. The lowest BCUT2D eigenvalue weighted by atomic mass is 10.1. The van der Waals surface area contributed by atoms with E-state index in [1.165, 1.54) is 0 Å². The van der Waals surface area contributed by atoms with Gasteiger partial charge in [0.1, 0.15) is 12.1 Å². The molecule has 0 saturated carbocycles. The molecule has 2 N–H and O–H groups in total. The molecule has 0 radical (unpaired) electrons. The van der Waals surface area contributed by atoms with Crippen LogP contribution in [0, 0.1) is 5.92 Å². The first kappa shape index (κ1) is 11.9. The first-order valence-electron chi connectivity index (χ1n) is 5.36. The zero-order valence-electron chi connectivity index (χ0n) is 9.57. The van der Waals surface area contributed by atoms with Crippen molar-refractivity contribution in [1.29, 1.82) is 0 Å². The van der Waals surface area contributed by atoms with E-state index in [9.17, 15) is 5.11 Å². The van der Waals surface area contributed by atoms with Gasteiger partial charge in [0.2, 0.25) is 0 Å². The summed E-state index contributed by atoms with van der Waals surface area (Å²) in [5.74, 6) is 1.03. The van der Waals surface area contributed by atoms with E-state index >= 15 is 0 Å². The van der Waals surface area contributed by atoms with Crippen LogP contribution in [0.15, 0.2) is 12.4 Å². The molecule has 0 spiro atoms. The van der Waals surface area contributed by atoms with E-state index in [2.05, 4.69) is 22.2 Å². The fourth-order valence-electron chi connectivity index (χ4n) is 1.13. The highest BCUT2D eigenvalue weighted by Gasteiger charge is 2.08. The quantitative estimate of drug-likeness (QED) is 0.771. The van der Waals surface area contributed by atoms with Crippen molar-refractivity contribution in [3.63, 3.8) is 0 Å². The maximum Gasteiger partial charge on any atom is 0.129 e. The van der Waals surface area contributed by atoms with Crippen molar-refractivity contribution in [3.05, 3.63) is 18.1 Å². The third kappa shape index (κ3) is 3.83. The zero-order valence-corrected chi connectivity index (χ0v) is 9.57. The number of hydrogen-bond acceptors (Lipinski definition) is 4. The highest BCUT2D eigenvalue weighted by Crippen LogP contribution is 2.06. The highest BCUT2D eigenvalue weighted by molar-refractivity contribution is 5.34. The topological polar surface area (TPSA) is 58.0 Å². The van der Waals surface area contributed by atoms with Gasteiger partial charge in [-0.3, -0.25) is 0 Å². The Morgan fingerprint density at radius 1 is 1.40 bits per heavy atom. The van der Waals surface area contributed by atoms with E-state index in [-0.39, 0.29) is 12.0 Å². The van der Waals surface area contributed by atoms with Crippen LogP contribution in [-0.4, -0.2) is 27.7 Å². The van der Waals surface area contributed by atoms with Crippen molar-refractivity contribution in [2.75, 3.05) is 11.9 Å². The van der Waals surface area contributed by atoms with Gasteiger partial charge in [-0.05, 0) is 12.3 Å². The minimum Gasteiger partial charge on any atom is -0.391 e. The summed E-state index contributed by atoms with van der Waals surface area (Å²) in [6.45, 7) is 6.56. The number of aryl methyl sites for hydroxylation is 1. The Labute approximate surface area is 90.8 Å². The summed E-state index contributed by atoms with van der Waals surface area (Å²) >= 11 is 0. The standard InChI is InChI=1S/C11H19N3O/c1-4-9-5-11(14-7-13-9)12-6-10(15)8(2)3/h5,7-8,10,15H,4,6H2,1-3H3,(H,12,13,14). The number of rotatable bonds is 5. The van der Waals surface area contributed by atoms with Gasteiger partial charge < -0.3 is 10.4 Å². The SMILES string of the molecule is CCc1cc(NCC(O)C(C)C)ncn1. The number of aliphatic hydroxyl groups is 1. The third-order valence-electron chi connectivity index (χ3n) is 2.35. The van der Waals surface area contributed by atoms with Gasteiger partial charge in [0.15, 0.2) is 0 Å². The second kappa shape index (κ2) is 5.66. The molecule has 0 saturated heterocycles. The van der Waals surface area contributed by atoms with Crippen LogP contribution < -0.4 is 5.32 Å². The Morgan fingerprint density at radius 3 is 2.73 bits per heavy atom. The highest BCUT2D eigenvalue weighted by atomic mass is 16.3. The second-order valence-electron chi connectivity index (χ2n) is 3.94. The second-order valence-corrected chi connectivity index (χ2v) is 3.94. The first-order chi connectivity index (χ1) is 7.13. The van der Waals surface area contributed by atoms with Crippen LogP contribution in [0.25, 0.3) is 0 Å². The van der Waals surface area contributed by atoms with Crippen LogP contribution in [0.2, 0.25) is 0 Å². The van der Waals surface area contributed by atoms with Crippen molar-refractivity contribution in [2.45, 2.75) is 33.3 Å². The fraction of sp³-hybridized carbons (Fsp3) is 0.636. The van der Waals surface area contributed by atoms with Crippen molar-refractivity contribution < 1.29 is 5.11 Å². The van der Waals surface area contributed by atoms with Gasteiger partial charge in [0, 0.05) is 18.3 Å². The third-order valence-corrected chi connectivity index (χ3v) is 2.35. The summed E-state index contributed by atoms with van der Waals surface area (Å²) in [6, 6.07) is 1.91. The van der Waals surface area contributed by atoms with Crippen molar-refractivity contribution in [2.24, 2.45) is 5.92 Å². The molecule has 4 nitrogen and oxygen atoms in total. The predicted octanol–water partition coefficient (Wildman–Crippen LogP) is 1.47. The van der Waals surface area contributed by atoms with Crippen LogP contribution in [-0.2, 0) is 6.42 Å². The molecule has 0 aliphatic carbocycles. The van der Waals surface area contributed by atoms with Gasteiger partial charge in [0.25, 0.3) is 0 Å². The lowest BCUT2D eigenvalue weighted by molar-refractivity contribution is 0.138. The van der Waals surface area contributed by atoms with Crippen LogP contribution in [0.5, 0.6) is 0 Å². The van der Waals surface area contributed by atoms with E-state index in [0.29, 0.717) is 6.54 Å². The summed E-state index contributed by atoms with van der Waals surface area (Å²) in [5, 5.41) is 12.7. The summed E-state index contributed by atoms with van der Waals surface area (Å²) in [5.41, 5.74) is 1.01. The Balaban J connectivity index is 2.50. The first-order valence-corrected chi connectivity index (χ1v) is 5.36. The number of anilines is 1. The Kier molecular flexibility index (Phi) is 4.49. The molecule has 1 heterocycles. The van der Waals surface area contributed by atoms with Gasteiger partial charge in [-0.15, -0.1) is 0 Å². The summed E-state index contributed by atoms with van der Waals surface area (Å²) < 4.78 is 0. The molecule has 0 aromatic carbocycles. The average molecular weight is 209 g/mol. The van der Waals surface area contributed by atoms with Crippen LogP contribution in [0.3, 0.4) is 0 Å². The molecule has 0 fully saturated rings. The smallest absolute Gasteiger partial charge is 0.129 e. The fourth-order valence-corrected chi connectivity index (χ4v) is 1.13. The number of nitrogens with one attached hydrogen (secondary N) is 1. The Hall–Kier alpha value is -1.16. The van der Waals surface area contributed by atoms with Crippen molar-refractivity contribution >= 4 is 5.82 Å². The normalized spacial score (nSPS) is 12.9. The van der Waals surface area contributed by atoms with Gasteiger partial charge >= 0.3 is 0 Å². The largest absolute Gasteiger partial charge is 0.391 e. The molecule has 0 amide bonds. The summed E-state index contributed by atoms with van der Waals surface area (Å²) in [4.78, 5) is 8.19. The van der Waals surface area contributed by atoms with Crippen molar-refractivity contribution in [1.82, 2.24) is 9.97 Å². The van der Waals surface area contributed by atoms with Crippen LogP contribution in [0.4, 0.5) is 5.82 Å². The number of aromatic nitrogens is 2. The van der Waals surface area contributed by atoms with Crippen LogP contribution >= 0.6 is 0 Å². The molecular formula is C11H19N3O. The van der Waals surface area contributed by atoms with E-state index in [1.54, 1.807) is 6.33 Å². The minimum atomic E-state index is -0.343. The number of hydrogen-bond donors (Lipinski definition) is 2. The monoisotopic (exact) mass is 209 g/mol. The van der Waals surface area contributed by atoms with Gasteiger partial charge in [0.05, 0.1) is 6.10 Å². The zero-order chi connectivity index (χ0) is 11.3. The minimum absolute atomic E-state index is 0.255. The Morgan fingerprint density at radius 2 is 2.13 bits per heavy atom. The maximum atomic E-state index is 9.61. The summed E-state index contributed by atoms with van der Waals surface area (Å²) in [6.07, 6.45) is 2.09. The molecular weight excluding hydrogens is 190 g/mol. The predicted molar refractivity (Wildman–Crippen MR) is 60.7 cm³/mol. The van der Waals surface area contributed by atoms with Crippen LogP contribution in [0.1, 0.15) is 26.5 Å². The molecule has 1 atom stereocenters. The van der Waals surface area contributed by atoms with Gasteiger partial charge in [-0.1, -0.05) is 20.8 Å². The van der Waals surface area contributed by atoms with Gasteiger partial charge in [-0.25, -0.2) is 9.97 Å². The molecule has 1 unspecified atom stereocenters. The molecule has 1 rings (SSSR count). The molecule has 0 aliphatic heterocycles. The van der Waals surface area contributed by atoms with E-state index in [1.807, 2.05) is 19.9 Å². The number of nitrogens with zero attached hydrogens (tertiary/aromatic N) is 2. The molecule has 84 valence electrons. The molecule has 1 aromatic rings. The van der Waals surface area contributed by atoms with E-state index in [4.69, 9.17) is 0 Å². The molecule has 1 aromatic heterocycles. The lowest BCUT2D eigenvalue weighted by Crippen LogP contribution is -2.25. The number of aliphatic hydroxyl groups excluding tert-OH is 1. The maximum absolute atomic E-state index is 9.61. The summed E-state index contributed by atoms with van der Waals surface area (Å²) in [7, 11) is 0. The van der Waals surface area contributed by atoms with E-state index in [0.717, 1.165) is 17.9 Å². The van der Waals surface area contributed by atoms with Crippen molar-refractivity contribution in [3.8, 4) is 0 Å². The van der Waals surface area contributed by atoms with E-state index < -0.39 is 0 Å². The Bertz CT molecular complexity index is 302. The molecule has 0 aliphatic rings. The average Bonchev–Trinajstić information content (AvgIpc) is 2.26. The molecule has 4 heteroatoms. The molecule has 0 bridgehead atoms. The van der Waals surface area contributed by atoms with Gasteiger partial charge in [-0.2, -0.15) is 0 Å². The lowest BCUT2D eigenvalue weighted by Gasteiger charge is -2.15.